The first-order chi connectivity index (χ1) is 24.6. The summed E-state index contributed by atoms with van der Waals surface area (Å²) in [5.41, 5.74) is 17.7. The molecule has 288 valence electrons. The number of rotatable bonds is 18. The number of carboxylic acids is 1. The maximum atomic E-state index is 13.9. The molecule has 6 atom stereocenters. The van der Waals surface area contributed by atoms with Crippen LogP contribution in [0.15, 0.2) is 17.1 Å². The minimum Gasteiger partial charge on any atom is -0.504 e. The lowest BCUT2D eigenvalue weighted by Gasteiger charge is -2.30. The second-order valence-corrected chi connectivity index (χ2v) is 13.1. The van der Waals surface area contributed by atoms with Gasteiger partial charge in [-0.1, -0.05) is 0 Å². The van der Waals surface area contributed by atoms with E-state index in [1.807, 2.05) is 0 Å². The van der Waals surface area contributed by atoms with Gasteiger partial charge in [-0.15, -0.1) is 0 Å². The van der Waals surface area contributed by atoms with Crippen molar-refractivity contribution in [2.45, 2.75) is 108 Å². The number of aromatic hydroxyl groups is 2. The van der Waals surface area contributed by atoms with Gasteiger partial charge in [-0.05, 0) is 95.0 Å². The molecule has 3 rings (SSSR count). The van der Waals surface area contributed by atoms with Crippen molar-refractivity contribution >= 4 is 41.5 Å². The smallest absolute Gasteiger partial charge is 0.326 e. The number of nitrogens with one attached hydrogen (secondary N) is 5. The number of benzene rings is 1. The van der Waals surface area contributed by atoms with Crippen LogP contribution >= 0.6 is 0 Å². The average Bonchev–Trinajstić information content (AvgIpc) is 3.59. The van der Waals surface area contributed by atoms with Crippen molar-refractivity contribution in [2.75, 3.05) is 19.6 Å². The number of phenolic OH excluding ortho intramolecular Hbond substituents is 2. The fraction of sp³-hybridized carbons (Fsp3) is 0.606. The molecule has 1 aromatic carbocycles. The van der Waals surface area contributed by atoms with Gasteiger partial charge in [0.05, 0.1) is 6.04 Å². The summed E-state index contributed by atoms with van der Waals surface area (Å²) < 4.78 is 0. The third-order valence-corrected chi connectivity index (χ3v) is 9.04. The van der Waals surface area contributed by atoms with Gasteiger partial charge in [-0.25, -0.2) is 4.79 Å². The second-order valence-electron chi connectivity index (χ2n) is 13.1. The van der Waals surface area contributed by atoms with E-state index in [1.54, 1.807) is 0 Å². The predicted octanol–water partition coefficient (Wildman–Crippen LogP) is -2.65. The Bertz CT molecular complexity index is 1500. The molecule has 0 aliphatic carbocycles. The summed E-state index contributed by atoms with van der Waals surface area (Å²) >= 11 is 0. The average molecular weight is 733 g/mol. The maximum absolute atomic E-state index is 13.9. The molecule has 0 aromatic heterocycles. The molecule has 19 nitrogen and oxygen atoms in total. The second kappa shape index (κ2) is 19.4. The molecule has 2 aliphatic heterocycles. The predicted molar refractivity (Wildman–Crippen MR) is 188 cm³/mol. The van der Waals surface area contributed by atoms with E-state index in [9.17, 15) is 44.1 Å². The number of likely N-dealkylation sites (tertiary alicyclic amines) is 1. The standard InChI is InChI=1S/C33H52N10O9/c1-17(39-29(48)23-13-19-14-25(44)26(45)15-20(19)16-38-23)27(46)41-21(8-5-11-37-33(35)36)31(50)43-12-6-9-24(43)30(49)40-18(2)28(47)42-22(32(51)52)7-3-4-10-34/h14-15,17-18,21-24,38,44-45H,3-13,16,34H2,1-2H3,(H,39,48)(H,40,49)(H,41,46)(H,42,47)(H,51,52)(H4,35,36,37)/t17-,18-,21-,22-,23+,24-/m0/s1. The molecule has 5 amide bonds. The lowest BCUT2D eigenvalue weighted by molar-refractivity contribution is -0.143. The van der Waals surface area contributed by atoms with Gasteiger partial charge in [0.25, 0.3) is 0 Å². The number of nitrogens with zero attached hydrogens (tertiary/aromatic N) is 2. The molecule has 0 saturated carbocycles. The van der Waals surface area contributed by atoms with Crippen LogP contribution < -0.4 is 43.8 Å². The molecular formula is C33H52N10O9. The quantitative estimate of drug-likeness (QED) is 0.0318. The number of amides is 5. The van der Waals surface area contributed by atoms with Crippen LogP contribution in [0.25, 0.3) is 0 Å². The van der Waals surface area contributed by atoms with E-state index in [0.717, 1.165) is 5.56 Å². The summed E-state index contributed by atoms with van der Waals surface area (Å²) in [5, 5.41) is 42.5. The number of carbonyl (C=O) groups excluding carboxylic acids is 5. The number of carboxylic acid groups (broad SMARTS) is 1. The summed E-state index contributed by atoms with van der Waals surface area (Å²) in [6, 6.07) is -3.33. The highest BCUT2D eigenvalue weighted by molar-refractivity contribution is 5.96. The highest BCUT2D eigenvalue weighted by Gasteiger charge is 2.39. The number of unbranched alkanes of at least 4 members (excludes halogenated alkanes) is 1. The van der Waals surface area contributed by atoms with Crippen LogP contribution in [0.5, 0.6) is 11.5 Å². The van der Waals surface area contributed by atoms with E-state index in [0.29, 0.717) is 44.2 Å². The normalized spacial score (nSPS) is 18.9. The van der Waals surface area contributed by atoms with Crippen LogP contribution in [0.3, 0.4) is 0 Å². The highest BCUT2D eigenvalue weighted by atomic mass is 16.4. The van der Waals surface area contributed by atoms with Crippen molar-refractivity contribution in [3.63, 3.8) is 0 Å². The van der Waals surface area contributed by atoms with Crippen molar-refractivity contribution in [1.82, 2.24) is 31.5 Å². The Morgan fingerprint density at radius 1 is 0.885 bits per heavy atom. The van der Waals surface area contributed by atoms with Gasteiger partial charge in [-0.2, -0.15) is 0 Å². The van der Waals surface area contributed by atoms with Crippen LogP contribution in [-0.4, -0.2) is 118 Å². The number of nitrogens with two attached hydrogens (primary N) is 3. The van der Waals surface area contributed by atoms with Gasteiger partial charge < -0.3 is 64.0 Å². The summed E-state index contributed by atoms with van der Waals surface area (Å²) in [6.07, 6.45) is 2.61. The van der Waals surface area contributed by atoms with Crippen molar-refractivity contribution in [3.8, 4) is 11.5 Å². The molecule has 2 heterocycles. The Kier molecular flexibility index (Phi) is 15.4. The monoisotopic (exact) mass is 732 g/mol. The minimum atomic E-state index is -1.21. The topological polar surface area (TPSA) is 317 Å². The van der Waals surface area contributed by atoms with Crippen molar-refractivity contribution in [1.29, 1.82) is 0 Å². The number of aliphatic imine (C=N–C) groups is 1. The fourth-order valence-electron chi connectivity index (χ4n) is 6.09. The molecule has 0 radical (unpaired) electrons. The molecule has 0 bridgehead atoms. The van der Waals surface area contributed by atoms with Crippen LogP contribution in [0.1, 0.15) is 69.9 Å². The number of hydrogen-bond donors (Lipinski definition) is 11. The Balaban J connectivity index is 1.64. The Morgan fingerprint density at radius 3 is 2.10 bits per heavy atom. The minimum absolute atomic E-state index is 0.101. The molecule has 0 unspecified atom stereocenters. The number of fused-ring (bicyclic) bond motifs is 1. The van der Waals surface area contributed by atoms with E-state index in [-0.39, 0.29) is 56.4 Å². The van der Waals surface area contributed by atoms with E-state index in [1.165, 1.54) is 30.9 Å². The number of hydrogen-bond acceptors (Lipinski definition) is 11. The first-order valence-electron chi connectivity index (χ1n) is 17.4. The summed E-state index contributed by atoms with van der Waals surface area (Å²) in [7, 11) is 0. The van der Waals surface area contributed by atoms with Gasteiger partial charge in [0.2, 0.25) is 29.5 Å². The number of aliphatic carboxylic acids is 1. The lowest BCUT2D eigenvalue weighted by Crippen LogP contribution is -2.58. The van der Waals surface area contributed by atoms with Crippen LogP contribution in [-0.2, 0) is 41.7 Å². The molecule has 2 aliphatic rings. The Hall–Kier alpha value is -5.17. The van der Waals surface area contributed by atoms with Crippen molar-refractivity contribution in [2.24, 2.45) is 22.2 Å². The molecule has 52 heavy (non-hydrogen) atoms. The molecule has 0 spiro atoms. The number of guanidine groups is 1. The maximum Gasteiger partial charge on any atom is 0.326 e. The van der Waals surface area contributed by atoms with Gasteiger partial charge in [0.15, 0.2) is 17.5 Å². The zero-order chi connectivity index (χ0) is 38.5. The SMILES string of the molecule is C[C@H](NC(=O)[C@H]1Cc2cc(O)c(O)cc2CN1)C(=O)N[C@@H](CCCN=C(N)N)C(=O)N1CCC[C@H]1C(=O)N[C@@H](C)C(=O)N[C@@H](CCCCN)C(=O)O. The van der Waals surface area contributed by atoms with E-state index in [2.05, 4.69) is 31.6 Å². The van der Waals surface area contributed by atoms with Crippen molar-refractivity contribution in [3.05, 3.63) is 23.3 Å². The third-order valence-electron chi connectivity index (χ3n) is 9.04. The first kappa shape index (κ1) is 41.3. The summed E-state index contributed by atoms with van der Waals surface area (Å²) in [6.45, 7) is 3.87. The van der Waals surface area contributed by atoms with Crippen LogP contribution in [0, 0.1) is 0 Å². The molecule has 19 heteroatoms. The number of carbonyl (C=O) groups is 6. The Morgan fingerprint density at radius 2 is 1.48 bits per heavy atom. The number of phenols is 2. The van der Waals surface area contributed by atoms with Gasteiger partial charge in [-0.3, -0.25) is 29.0 Å². The van der Waals surface area contributed by atoms with Gasteiger partial charge >= 0.3 is 5.97 Å². The van der Waals surface area contributed by atoms with Gasteiger partial charge in [0.1, 0.15) is 30.2 Å². The van der Waals surface area contributed by atoms with Crippen LogP contribution in [0.4, 0.5) is 0 Å². The summed E-state index contributed by atoms with van der Waals surface area (Å²) in [5.74, 6) is -4.93. The van der Waals surface area contributed by atoms with E-state index in [4.69, 9.17) is 17.2 Å². The molecule has 1 aromatic rings. The zero-order valence-corrected chi connectivity index (χ0v) is 29.5. The van der Waals surface area contributed by atoms with E-state index < -0.39 is 71.8 Å². The van der Waals surface area contributed by atoms with E-state index >= 15 is 0 Å². The van der Waals surface area contributed by atoms with Gasteiger partial charge in [0, 0.05) is 19.6 Å². The molecular weight excluding hydrogens is 680 g/mol. The molecule has 14 N–H and O–H groups in total. The zero-order valence-electron chi connectivity index (χ0n) is 29.5. The Labute approximate surface area is 301 Å². The molecule has 1 fully saturated rings. The molecule has 1 saturated heterocycles. The largest absolute Gasteiger partial charge is 0.504 e. The van der Waals surface area contributed by atoms with Crippen LogP contribution in [0.2, 0.25) is 0 Å². The first-order valence-corrected chi connectivity index (χ1v) is 17.4. The van der Waals surface area contributed by atoms with Crippen molar-refractivity contribution < 1.29 is 44.1 Å². The third kappa shape index (κ3) is 11.7. The summed E-state index contributed by atoms with van der Waals surface area (Å²) in [4.78, 5) is 83.4. The highest BCUT2D eigenvalue weighted by Crippen LogP contribution is 2.30. The lowest BCUT2D eigenvalue weighted by atomic mass is 9.94. The fourth-order valence-corrected chi connectivity index (χ4v) is 6.09.